The summed E-state index contributed by atoms with van der Waals surface area (Å²) in [6.07, 6.45) is 1.80. The number of benzene rings is 1. The minimum Gasteiger partial charge on any atom is -0.291 e. The van der Waals surface area contributed by atoms with Crippen molar-refractivity contribution in [2.45, 2.75) is 18.7 Å². The lowest BCUT2D eigenvalue weighted by atomic mass is 10.1. The normalized spacial score (nSPS) is 20.0. The van der Waals surface area contributed by atoms with E-state index in [4.69, 9.17) is 0 Å². The van der Waals surface area contributed by atoms with Gasteiger partial charge in [0.2, 0.25) is 0 Å². The van der Waals surface area contributed by atoms with Crippen LogP contribution in [-0.4, -0.2) is 9.11 Å². The Morgan fingerprint density at radius 3 is 2.31 bits per heavy atom. The van der Waals surface area contributed by atoms with Gasteiger partial charge in [0.15, 0.2) is 0 Å². The van der Waals surface area contributed by atoms with Gasteiger partial charge in [-0.05, 0) is 31.1 Å². The molecule has 1 aliphatic heterocycles. The summed E-state index contributed by atoms with van der Waals surface area (Å²) in [6, 6.07) is 3.93. The van der Waals surface area contributed by atoms with Crippen molar-refractivity contribution in [2.24, 2.45) is 0 Å². The van der Waals surface area contributed by atoms with E-state index in [-0.39, 0.29) is 0 Å². The van der Waals surface area contributed by atoms with Crippen LogP contribution in [0.5, 0.6) is 0 Å². The van der Waals surface area contributed by atoms with Gasteiger partial charge in [-0.2, -0.15) is 0 Å². The second kappa shape index (κ2) is 2.61. The van der Waals surface area contributed by atoms with Gasteiger partial charge in [0, 0.05) is 11.0 Å². The third-order valence-corrected chi connectivity index (χ3v) is 3.99. The molecule has 2 rings (SSSR count). The zero-order valence-corrected chi connectivity index (χ0v) is 8.43. The largest absolute Gasteiger partial charge is 0.291 e. The van der Waals surface area contributed by atoms with Crippen LogP contribution in [0, 0.1) is 13.8 Å². The molecule has 2 N–H and O–H groups in total. The zero-order chi connectivity index (χ0) is 9.64. The summed E-state index contributed by atoms with van der Waals surface area (Å²) in [5.41, 5.74) is 3.01. The van der Waals surface area contributed by atoms with Gasteiger partial charge in [0.1, 0.15) is 0 Å². The van der Waals surface area contributed by atoms with E-state index in [2.05, 4.69) is 0 Å². The van der Waals surface area contributed by atoms with Crippen molar-refractivity contribution >= 4 is 16.7 Å². The number of fused-ring (bicyclic) bond motifs is 1. The molecule has 0 bridgehead atoms. The van der Waals surface area contributed by atoms with Crippen LogP contribution >= 0.6 is 10.6 Å². The van der Waals surface area contributed by atoms with Gasteiger partial charge in [-0.25, -0.2) is 0 Å². The van der Waals surface area contributed by atoms with Crippen molar-refractivity contribution in [3.8, 4) is 0 Å². The maximum absolute atomic E-state index is 9.70. The van der Waals surface area contributed by atoms with Gasteiger partial charge >= 0.3 is 0 Å². The molecule has 0 unspecified atom stereocenters. The molecule has 0 aromatic heterocycles. The first-order valence-electron chi connectivity index (χ1n) is 4.09. The molecule has 0 saturated heterocycles. The van der Waals surface area contributed by atoms with Gasteiger partial charge < -0.3 is 0 Å². The fourth-order valence-corrected chi connectivity index (χ4v) is 3.20. The number of hydrogen-bond donors (Lipinski definition) is 2. The molecule has 1 aromatic rings. The molecule has 13 heavy (non-hydrogen) atoms. The highest BCUT2D eigenvalue weighted by atomic mass is 32.3. The monoisotopic (exact) mass is 196 g/mol. The molecule has 2 nitrogen and oxygen atoms in total. The SMILES string of the molecule is Cc1ccc(C)c2c1C=CS2(O)O. The number of rotatable bonds is 0. The highest BCUT2D eigenvalue weighted by Gasteiger charge is 2.24. The van der Waals surface area contributed by atoms with E-state index >= 15 is 0 Å². The van der Waals surface area contributed by atoms with Crippen LogP contribution in [0.3, 0.4) is 0 Å². The second-order valence-corrected chi connectivity index (χ2v) is 5.20. The van der Waals surface area contributed by atoms with Crippen molar-refractivity contribution in [3.05, 3.63) is 34.2 Å². The maximum atomic E-state index is 9.70. The van der Waals surface area contributed by atoms with Gasteiger partial charge in [0.05, 0.1) is 4.90 Å². The van der Waals surface area contributed by atoms with Crippen LogP contribution in [0.25, 0.3) is 6.08 Å². The number of hydrogen-bond acceptors (Lipinski definition) is 2. The van der Waals surface area contributed by atoms with Crippen molar-refractivity contribution in [1.82, 2.24) is 0 Å². The maximum Gasteiger partial charge on any atom is 0.0734 e. The van der Waals surface area contributed by atoms with Gasteiger partial charge in [-0.3, -0.25) is 9.11 Å². The van der Waals surface area contributed by atoms with Gasteiger partial charge in [0.25, 0.3) is 0 Å². The smallest absolute Gasteiger partial charge is 0.0734 e. The Kier molecular flexibility index (Phi) is 1.77. The minimum absolute atomic E-state index is 0.701. The van der Waals surface area contributed by atoms with Crippen LogP contribution < -0.4 is 0 Å². The Hall–Kier alpha value is -0.770. The van der Waals surface area contributed by atoms with Crippen molar-refractivity contribution in [2.75, 3.05) is 0 Å². The molecule has 0 atom stereocenters. The molecule has 70 valence electrons. The molecular weight excluding hydrogens is 184 g/mol. The van der Waals surface area contributed by atoms with Crippen LogP contribution in [0.1, 0.15) is 16.7 Å². The summed E-state index contributed by atoms with van der Waals surface area (Å²) >= 11 is 0. The van der Waals surface area contributed by atoms with E-state index in [1.54, 1.807) is 6.08 Å². The molecule has 0 radical (unpaired) electrons. The van der Waals surface area contributed by atoms with Crippen molar-refractivity contribution < 1.29 is 9.11 Å². The van der Waals surface area contributed by atoms with Crippen LogP contribution in [-0.2, 0) is 0 Å². The van der Waals surface area contributed by atoms with Gasteiger partial charge in [-0.15, -0.1) is 10.6 Å². The van der Waals surface area contributed by atoms with E-state index in [9.17, 15) is 9.11 Å². The topological polar surface area (TPSA) is 40.5 Å². The molecule has 0 spiro atoms. The van der Waals surface area contributed by atoms with Crippen molar-refractivity contribution in [3.63, 3.8) is 0 Å². The van der Waals surface area contributed by atoms with E-state index in [0.29, 0.717) is 4.90 Å². The fourth-order valence-electron chi connectivity index (χ4n) is 1.64. The molecule has 1 aromatic carbocycles. The van der Waals surface area contributed by atoms with E-state index in [1.165, 1.54) is 5.41 Å². The van der Waals surface area contributed by atoms with Crippen LogP contribution in [0.2, 0.25) is 0 Å². The molecule has 1 heterocycles. The zero-order valence-electron chi connectivity index (χ0n) is 7.61. The summed E-state index contributed by atoms with van der Waals surface area (Å²) in [4.78, 5) is 0.701. The summed E-state index contributed by atoms with van der Waals surface area (Å²) < 4.78 is 19.4. The molecule has 0 saturated carbocycles. The quantitative estimate of drug-likeness (QED) is 0.667. The minimum atomic E-state index is -2.64. The highest BCUT2D eigenvalue weighted by Crippen LogP contribution is 2.57. The third-order valence-electron chi connectivity index (χ3n) is 2.34. The summed E-state index contributed by atoms with van der Waals surface area (Å²) in [5.74, 6) is 0. The Morgan fingerprint density at radius 2 is 1.69 bits per heavy atom. The molecule has 0 fully saturated rings. The molecule has 1 aliphatic rings. The first-order valence-corrected chi connectivity index (χ1v) is 5.70. The summed E-state index contributed by atoms with van der Waals surface area (Å²) in [5, 5.41) is 1.50. The Bertz CT molecular complexity index is 394. The lowest BCUT2D eigenvalue weighted by Gasteiger charge is -2.27. The fraction of sp³-hybridized carbons (Fsp3) is 0.200. The first-order chi connectivity index (χ1) is 6.02. The Morgan fingerprint density at radius 1 is 1.08 bits per heavy atom. The average molecular weight is 196 g/mol. The van der Waals surface area contributed by atoms with E-state index in [0.717, 1.165) is 16.7 Å². The first kappa shape index (κ1) is 8.81. The summed E-state index contributed by atoms with van der Waals surface area (Å²) in [7, 11) is -2.64. The summed E-state index contributed by atoms with van der Waals surface area (Å²) in [6.45, 7) is 3.88. The van der Waals surface area contributed by atoms with Gasteiger partial charge in [-0.1, -0.05) is 12.1 Å². The molecule has 3 heteroatoms. The van der Waals surface area contributed by atoms with Crippen molar-refractivity contribution in [1.29, 1.82) is 0 Å². The lowest BCUT2D eigenvalue weighted by molar-refractivity contribution is 0.500. The van der Waals surface area contributed by atoms with E-state index < -0.39 is 10.6 Å². The van der Waals surface area contributed by atoms with Crippen LogP contribution in [0.4, 0.5) is 0 Å². The second-order valence-electron chi connectivity index (χ2n) is 3.34. The highest BCUT2D eigenvalue weighted by molar-refractivity contribution is 8.27. The Balaban J connectivity index is 2.76. The van der Waals surface area contributed by atoms with E-state index in [1.807, 2.05) is 26.0 Å². The standard InChI is InChI=1S/C10H12O2S/c1-7-3-4-8(2)10-9(7)5-6-13(10,11)12/h3-6,11-12H,1-2H3. The van der Waals surface area contributed by atoms with Crippen LogP contribution in [0.15, 0.2) is 22.4 Å². The number of aryl methyl sites for hydroxylation is 2. The average Bonchev–Trinajstić information content (AvgIpc) is 2.36. The molecular formula is C10H12O2S. The predicted molar refractivity (Wildman–Crippen MR) is 56.1 cm³/mol. The Labute approximate surface area is 79.3 Å². The third kappa shape index (κ3) is 1.20. The lowest BCUT2D eigenvalue weighted by Crippen LogP contribution is -1.96. The molecule has 0 amide bonds. The molecule has 0 aliphatic carbocycles. The predicted octanol–water partition coefficient (Wildman–Crippen LogP) is 3.40.